The highest BCUT2D eigenvalue weighted by Gasteiger charge is 2.48. The van der Waals surface area contributed by atoms with Crippen molar-refractivity contribution in [3.05, 3.63) is 0 Å². The third-order valence-electron chi connectivity index (χ3n) is 4.12. The van der Waals surface area contributed by atoms with Gasteiger partial charge in [0.05, 0.1) is 0 Å². The fourth-order valence-corrected chi connectivity index (χ4v) is 2.94. The number of nitrogens with one attached hydrogen (secondary N) is 2. The van der Waals surface area contributed by atoms with Gasteiger partial charge >= 0.3 is 0 Å². The van der Waals surface area contributed by atoms with E-state index in [1.54, 1.807) is 0 Å². The molecule has 1 saturated carbocycles. The van der Waals surface area contributed by atoms with E-state index in [-0.39, 0.29) is 11.4 Å². The van der Waals surface area contributed by atoms with Crippen molar-refractivity contribution in [2.24, 2.45) is 11.8 Å². The van der Waals surface area contributed by atoms with Crippen molar-refractivity contribution in [3.8, 4) is 0 Å². The zero-order chi connectivity index (χ0) is 10.2. The Morgan fingerprint density at radius 3 is 2.86 bits per heavy atom. The van der Waals surface area contributed by atoms with Crippen LogP contribution in [0.25, 0.3) is 0 Å². The van der Waals surface area contributed by atoms with Crippen molar-refractivity contribution < 1.29 is 4.79 Å². The predicted octanol–water partition coefficient (Wildman–Crippen LogP) is 0.901. The smallest absolute Gasteiger partial charge is 0.240 e. The van der Waals surface area contributed by atoms with E-state index in [0.717, 1.165) is 19.5 Å². The molecule has 2 rings (SSSR count). The Balaban J connectivity index is 2.22. The predicted molar refractivity (Wildman–Crippen MR) is 55.9 cm³/mol. The van der Waals surface area contributed by atoms with Gasteiger partial charge in [-0.05, 0) is 18.3 Å². The van der Waals surface area contributed by atoms with E-state index in [2.05, 4.69) is 24.5 Å². The van der Waals surface area contributed by atoms with Crippen molar-refractivity contribution in [3.63, 3.8) is 0 Å². The maximum Gasteiger partial charge on any atom is 0.240 e. The molecule has 3 heteroatoms. The second kappa shape index (κ2) is 3.54. The zero-order valence-corrected chi connectivity index (χ0v) is 9.10. The third kappa shape index (κ3) is 1.34. The van der Waals surface area contributed by atoms with Gasteiger partial charge in [-0.3, -0.25) is 4.79 Å². The van der Waals surface area contributed by atoms with Gasteiger partial charge in [0.25, 0.3) is 0 Å². The Morgan fingerprint density at radius 1 is 1.36 bits per heavy atom. The van der Waals surface area contributed by atoms with Gasteiger partial charge in [-0.25, -0.2) is 0 Å². The highest BCUT2D eigenvalue weighted by Crippen LogP contribution is 2.38. The average molecular weight is 196 g/mol. The first-order valence-electron chi connectivity index (χ1n) is 5.70. The quantitative estimate of drug-likeness (QED) is 0.604. The lowest BCUT2D eigenvalue weighted by Gasteiger charge is -2.47. The minimum Gasteiger partial charge on any atom is -0.353 e. The lowest BCUT2D eigenvalue weighted by Crippen LogP contribution is -2.68. The van der Waals surface area contributed by atoms with E-state index in [1.807, 2.05) is 0 Å². The van der Waals surface area contributed by atoms with Crippen molar-refractivity contribution >= 4 is 5.91 Å². The molecule has 14 heavy (non-hydrogen) atoms. The number of carbonyl (C=O) groups excluding carboxylic acids is 1. The molecule has 1 heterocycles. The van der Waals surface area contributed by atoms with Crippen molar-refractivity contribution in [2.75, 3.05) is 13.1 Å². The van der Waals surface area contributed by atoms with Crippen LogP contribution in [0.3, 0.4) is 0 Å². The van der Waals surface area contributed by atoms with Crippen molar-refractivity contribution in [1.29, 1.82) is 0 Å². The summed E-state index contributed by atoms with van der Waals surface area (Å²) in [7, 11) is 0. The molecule has 0 aromatic rings. The minimum absolute atomic E-state index is 0.225. The first kappa shape index (κ1) is 9.97. The molecule has 0 aromatic carbocycles. The van der Waals surface area contributed by atoms with Crippen LogP contribution in [-0.4, -0.2) is 24.5 Å². The summed E-state index contributed by atoms with van der Waals surface area (Å²) < 4.78 is 0. The van der Waals surface area contributed by atoms with Crippen LogP contribution in [0.5, 0.6) is 0 Å². The molecule has 1 saturated heterocycles. The van der Waals surface area contributed by atoms with E-state index >= 15 is 0 Å². The van der Waals surface area contributed by atoms with E-state index < -0.39 is 0 Å². The van der Waals surface area contributed by atoms with Crippen molar-refractivity contribution in [1.82, 2.24) is 10.6 Å². The van der Waals surface area contributed by atoms with Gasteiger partial charge in [-0.15, -0.1) is 0 Å². The molecule has 1 amide bonds. The molecule has 80 valence electrons. The molecular formula is C11H20N2O. The second-order valence-electron chi connectivity index (χ2n) is 4.81. The number of amides is 1. The summed E-state index contributed by atoms with van der Waals surface area (Å²) in [5, 5.41) is 6.44. The number of rotatable bonds is 0. The largest absolute Gasteiger partial charge is 0.353 e. The van der Waals surface area contributed by atoms with Crippen LogP contribution in [0.1, 0.15) is 33.1 Å². The van der Waals surface area contributed by atoms with E-state index in [1.165, 1.54) is 12.8 Å². The van der Waals surface area contributed by atoms with E-state index in [0.29, 0.717) is 11.8 Å². The van der Waals surface area contributed by atoms with Crippen LogP contribution in [-0.2, 0) is 4.79 Å². The molecule has 0 radical (unpaired) electrons. The number of hydrogen-bond acceptors (Lipinski definition) is 2. The van der Waals surface area contributed by atoms with Crippen LogP contribution in [0.15, 0.2) is 0 Å². The Bertz CT molecular complexity index is 237. The molecule has 2 fully saturated rings. The first-order chi connectivity index (χ1) is 6.67. The number of piperazine rings is 1. The Hall–Kier alpha value is -0.570. The fraction of sp³-hybridized carbons (Fsp3) is 0.909. The van der Waals surface area contributed by atoms with Gasteiger partial charge in [0, 0.05) is 13.1 Å². The van der Waals surface area contributed by atoms with Gasteiger partial charge < -0.3 is 10.6 Å². The monoisotopic (exact) mass is 196 g/mol. The highest BCUT2D eigenvalue weighted by atomic mass is 16.2. The molecule has 0 aromatic heterocycles. The van der Waals surface area contributed by atoms with Gasteiger partial charge in [0.1, 0.15) is 5.54 Å². The summed E-state index contributed by atoms with van der Waals surface area (Å²) in [4.78, 5) is 12.0. The standard InChI is InChI=1S/C11H20N2O/c1-8-4-3-5-11(9(8)2)10(14)12-6-7-13-11/h8-9,13H,3-7H2,1-2H3,(H,12,14). The van der Waals surface area contributed by atoms with Gasteiger partial charge in [0.2, 0.25) is 5.91 Å². The van der Waals surface area contributed by atoms with Crippen molar-refractivity contribution in [2.45, 2.75) is 38.6 Å². The lowest BCUT2D eigenvalue weighted by molar-refractivity contribution is -0.134. The van der Waals surface area contributed by atoms with Crippen LogP contribution >= 0.6 is 0 Å². The Labute approximate surface area is 85.6 Å². The number of carbonyl (C=O) groups is 1. The summed E-state index contributed by atoms with van der Waals surface area (Å²) in [6.45, 7) is 6.17. The molecule has 3 atom stereocenters. The van der Waals surface area contributed by atoms with Crippen LogP contribution in [0.2, 0.25) is 0 Å². The summed E-state index contributed by atoms with van der Waals surface area (Å²) >= 11 is 0. The fourth-order valence-electron chi connectivity index (χ4n) is 2.94. The Morgan fingerprint density at radius 2 is 2.14 bits per heavy atom. The molecule has 1 aliphatic heterocycles. The normalized spacial score (nSPS) is 43.7. The molecule has 3 nitrogen and oxygen atoms in total. The van der Waals surface area contributed by atoms with Crippen LogP contribution in [0.4, 0.5) is 0 Å². The molecular weight excluding hydrogens is 176 g/mol. The first-order valence-corrected chi connectivity index (χ1v) is 5.70. The summed E-state index contributed by atoms with van der Waals surface area (Å²) in [5.41, 5.74) is -0.254. The average Bonchev–Trinajstić information content (AvgIpc) is 2.18. The van der Waals surface area contributed by atoms with Crippen LogP contribution in [0, 0.1) is 11.8 Å². The molecule has 1 spiro atoms. The van der Waals surface area contributed by atoms with Gasteiger partial charge in [-0.2, -0.15) is 0 Å². The molecule has 1 aliphatic carbocycles. The Kier molecular flexibility index (Phi) is 2.52. The summed E-state index contributed by atoms with van der Waals surface area (Å²) in [6, 6.07) is 0. The SMILES string of the molecule is CC1CCCC2(NCCNC2=O)C1C. The summed E-state index contributed by atoms with van der Waals surface area (Å²) in [6.07, 6.45) is 3.44. The molecule has 0 bridgehead atoms. The molecule has 3 unspecified atom stereocenters. The highest BCUT2D eigenvalue weighted by molar-refractivity contribution is 5.87. The number of hydrogen-bond donors (Lipinski definition) is 2. The molecule has 2 N–H and O–H groups in total. The summed E-state index contributed by atoms with van der Waals surface area (Å²) in [5.74, 6) is 1.33. The van der Waals surface area contributed by atoms with Gasteiger partial charge in [-0.1, -0.05) is 26.7 Å². The van der Waals surface area contributed by atoms with E-state index in [9.17, 15) is 4.79 Å². The van der Waals surface area contributed by atoms with Gasteiger partial charge in [0.15, 0.2) is 0 Å². The maximum absolute atomic E-state index is 12.0. The zero-order valence-electron chi connectivity index (χ0n) is 9.10. The lowest BCUT2D eigenvalue weighted by atomic mass is 9.67. The molecule has 2 aliphatic rings. The third-order valence-corrected chi connectivity index (χ3v) is 4.12. The minimum atomic E-state index is -0.254. The van der Waals surface area contributed by atoms with Crippen LogP contribution < -0.4 is 10.6 Å². The topological polar surface area (TPSA) is 41.1 Å². The second-order valence-corrected chi connectivity index (χ2v) is 4.81. The maximum atomic E-state index is 12.0. The van der Waals surface area contributed by atoms with E-state index in [4.69, 9.17) is 0 Å².